The molecule has 35 heavy (non-hydrogen) atoms. The van der Waals surface area contributed by atoms with Gasteiger partial charge >= 0.3 is 0 Å². The predicted molar refractivity (Wildman–Crippen MR) is 130 cm³/mol. The average molecular weight is 506 g/mol. The fraction of sp³-hybridized carbons (Fsp3) is 0.375. The average Bonchev–Trinajstić information content (AvgIpc) is 3.21. The Labute approximate surface area is 205 Å². The molecule has 0 aliphatic carbocycles. The number of amides is 3. The highest BCUT2D eigenvalue weighted by Crippen LogP contribution is 2.34. The van der Waals surface area contributed by atoms with Crippen molar-refractivity contribution in [1.82, 2.24) is 5.32 Å². The van der Waals surface area contributed by atoms with E-state index in [1.54, 1.807) is 39.0 Å². The molecule has 188 valence electrons. The highest BCUT2D eigenvalue weighted by Gasteiger charge is 2.32. The number of halogens is 1. The Hall–Kier alpha value is -3.47. The van der Waals surface area contributed by atoms with Crippen LogP contribution < -0.4 is 25.0 Å². The van der Waals surface area contributed by atoms with Gasteiger partial charge in [0.15, 0.2) is 11.5 Å². The van der Waals surface area contributed by atoms with E-state index in [2.05, 4.69) is 10.6 Å². The topological polar surface area (TPSA) is 114 Å². The summed E-state index contributed by atoms with van der Waals surface area (Å²) in [7, 11) is -1.92. The number of nitrogens with zero attached hydrogens (tertiary/aromatic N) is 1. The second-order valence-corrected chi connectivity index (χ2v) is 10.4. The van der Waals surface area contributed by atoms with Gasteiger partial charge in [-0.1, -0.05) is 12.1 Å². The van der Waals surface area contributed by atoms with Crippen molar-refractivity contribution in [3.05, 3.63) is 48.3 Å². The minimum absolute atomic E-state index is 0.0869. The number of carbonyl (C=O) groups is 3. The smallest absolute Gasteiger partial charge is 0.243 e. The Balaban J connectivity index is 1.69. The van der Waals surface area contributed by atoms with Crippen molar-refractivity contribution >= 4 is 39.9 Å². The molecule has 1 aliphatic heterocycles. The number of hydrogen-bond acceptors (Lipinski definition) is 6. The van der Waals surface area contributed by atoms with E-state index in [0.29, 0.717) is 17.2 Å². The van der Waals surface area contributed by atoms with Gasteiger partial charge in [-0.2, -0.15) is 0 Å². The SMILES string of the molecule is C[C@@H](C(=O)NC(C)(C)C)N(C(=O)C[S@@](=O)CC(=O)Nc1ccc2c(c1)OCO2)c1ccccc1F. The molecule has 0 saturated carbocycles. The number of hydrogen-bond donors (Lipinski definition) is 2. The van der Waals surface area contributed by atoms with Gasteiger partial charge in [-0.3, -0.25) is 23.5 Å². The van der Waals surface area contributed by atoms with Crippen molar-refractivity contribution in [3.63, 3.8) is 0 Å². The van der Waals surface area contributed by atoms with Crippen molar-refractivity contribution in [2.24, 2.45) is 0 Å². The highest BCUT2D eigenvalue weighted by molar-refractivity contribution is 7.86. The third-order valence-corrected chi connectivity index (χ3v) is 6.03. The van der Waals surface area contributed by atoms with Crippen LogP contribution in [0, 0.1) is 5.82 Å². The molecular formula is C24H28FN3O6S. The maximum absolute atomic E-state index is 14.6. The molecule has 0 radical (unpaired) electrons. The van der Waals surface area contributed by atoms with Crippen LogP contribution in [0.1, 0.15) is 27.7 Å². The summed E-state index contributed by atoms with van der Waals surface area (Å²) in [6.07, 6.45) is 0. The van der Waals surface area contributed by atoms with E-state index in [-0.39, 0.29) is 12.5 Å². The summed E-state index contributed by atoms with van der Waals surface area (Å²) in [5.41, 5.74) is -0.274. The molecule has 2 N–H and O–H groups in total. The normalized spacial score (nSPS) is 14.1. The van der Waals surface area contributed by atoms with E-state index in [1.807, 2.05) is 0 Å². The molecule has 2 aromatic carbocycles. The lowest BCUT2D eigenvalue weighted by Crippen LogP contribution is -2.54. The monoisotopic (exact) mass is 505 g/mol. The summed E-state index contributed by atoms with van der Waals surface area (Å²) in [4.78, 5) is 39.2. The quantitative estimate of drug-likeness (QED) is 0.570. The summed E-state index contributed by atoms with van der Waals surface area (Å²) in [6.45, 7) is 6.88. The predicted octanol–water partition coefficient (Wildman–Crippen LogP) is 2.58. The molecule has 1 aliphatic rings. The van der Waals surface area contributed by atoms with Gasteiger partial charge in [-0.15, -0.1) is 0 Å². The maximum atomic E-state index is 14.6. The van der Waals surface area contributed by atoms with Gasteiger partial charge in [-0.05, 0) is 52.0 Å². The number of benzene rings is 2. The summed E-state index contributed by atoms with van der Waals surface area (Å²) < 4.78 is 37.7. The molecule has 3 amide bonds. The number of fused-ring (bicyclic) bond motifs is 1. The van der Waals surface area contributed by atoms with E-state index in [1.165, 1.54) is 31.2 Å². The minimum Gasteiger partial charge on any atom is -0.454 e. The van der Waals surface area contributed by atoms with Gasteiger partial charge in [-0.25, -0.2) is 4.39 Å². The molecule has 2 aromatic rings. The van der Waals surface area contributed by atoms with Crippen molar-refractivity contribution in [1.29, 1.82) is 0 Å². The van der Waals surface area contributed by atoms with Crippen LogP contribution in [0.3, 0.4) is 0 Å². The van der Waals surface area contributed by atoms with E-state index in [0.717, 1.165) is 4.90 Å². The number of carbonyl (C=O) groups excluding carboxylic acids is 3. The first kappa shape index (κ1) is 26.1. The maximum Gasteiger partial charge on any atom is 0.243 e. The zero-order valence-corrected chi connectivity index (χ0v) is 20.7. The van der Waals surface area contributed by atoms with Crippen LogP contribution >= 0.6 is 0 Å². The summed E-state index contributed by atoms with van der Waals surface area (Å²) in [5, 5.41) is 5.36. The van der Waals surface area contributed by atoms with E-state index in [4.69, 9.17) is 9.47 Å². The second-order valence-electron chi connectivity index (χ2n) is 8.98. The zero-order chi connectivity index (χ0) is 25.8. The first-order valence-corrected chi connectivity index (χ1v) is 12.4. The van der Waals surface area contributed by atoms with E-state index in [9.17, 15) is 23.0 Å². The van der Waals surface area contributed by atoms with Gasteiger partial charge in [0.05, 0.1) is 5.69 Å². The van der Waals surface area contributed by atoms with Crippen molar-refractivity contribution in [3.8, 4) is 11.5 Å². The molecule has 0 aromatic heterocycles. The molecule has 0 fully saturated rings. The Morgan fingerprint density at radius 2 is 1.77 bits per heavy atom. The van der Waals surface area contributed by atoms with Crippen LogP contribution in [0.15, 0.2) is 42.5 Å². The Morgan fingerprint density at radius 1 is 1.09 bits per heavy atom. The summed E-state index contributed by atoms with van der Waals surface area (Å²) in [5.74, 6) is -2.55. The van der Waals surface area contributed by atoms with E-state index < -0.39 is 57.4 Å². The Kier molecular flexibility index (Phi) is 8.11. The lowest BCUT2D eigenvalue weighted by molar-refractivity contribution is -0.126. The molecule has 0 unspecified atom stereocenters. The number of anilines is 2. The molecule has 0 saturated heterocycles. The lowest BCUT2D eigenvalue weighted by atomic mass is 10.1. The standard InChI is InChI=1S/C24H28FN3O6S/c1-15(23(31)27-24(2,3)4)28(18-8-6-5-7-17(18)25)22(30)13-35(32)12-21(29)26-16-9-10-19-20(11-16)34-14-33-19/h5-11,15H,12-14H2,1-4H3,(H,26,29)(H,27,31)/t15-,35-/m0/s1. The highest BCUT2D eigenvalue weighted by atomic mass is 32.2. The van der Waals surface area contributed by atoms with Crippen molar-refractivity contribution < 1.29 is 32.5 Å². The Bertz CT molecular complexity index is 1150. The molecule has 2 atom stereocenters. The molecule has 0 bridgehead atoms. The summed E-state index contributed by atoms with van der Waals surface area (Å²) in [6, 6.07) is 9.25. The van der Waals surface area contributed by atoms with Crippen LogP contribution in [-0.2, 0) is 25.2 Å². The second kappa shape index (κ2) is 10.9. The minimum atomic E-state index is -1.92. The van der Waals surface area contributed by atoms with E-state index >= 15 is 0 Å². The molecule has 1 heterocycles. The summed E-state index contributed by atoms with van der Waals surface area (Å²) >= 11 is 0. The van der Waals surface area contributed by atoms with Crippen LogP contribution in [0.5, 0.6) is 11.5 Å². The first-order valence-electron chi connectivity index (χ1n) is 10.9. The van der Waals surface area contributed by atoms with Gasteiger partial charge in [0.25, 0.3) is 0 Å². The number of ether oxygens (including phenoxy) is 2. The number of nitrogens with one attached hydrogen (secondary N) is 2. The molecule has 11 heteroatoms. The van der Waals surface area contributed by atoms with Crippen molar-refractivity contribution in [2.45, 2.75) is 39.3 Å². The zero-order valence-electron chi connectivity index (χ0n) is 19.9. The third-order valence-electron chi connectivity index (χ3n) is 4.88. The first-order chi connectivity index (χ1) is 16.4. The molecule has 3 rings (SSSR count). The molecular weight excluding hydrogens is 477 g/mol. The van der Waals surface area contributed by atoms with Crippen LogP contribution in [0.25, 0.3) is 0 Å². The van der Waals surface area contributed by atoms with Gasteiger partial charge in [0, 0.05) is 28.1 Å². The van der Waals surface area contributed by atoms with Crippen LogP contribution in [0.4, 0.5) is 15.8 Å². The van der Waals surface area contributed by atoms with Gasteiger partial charge < -0.3 is 20.1 Å². The van der Waals surface area contributed by atoms with Crippen molar-refractivity contribution in [2.75, 3.05) is 28.5 Å². The van der Waals surface area contributed by atoms with Gasteiger partial charge in [0.2, 0.25) is 24.5 Å². The van der Waals surface area contributed by atoms with Crippen LogP contribution in [-0.4, -0.2) is 51.8 Å². The molecule has 9 nitrogen and oxygen atoms in total. The lowest BCUT2D eigenvalue weighted by Gasteiger charge is -2.31. The Morgan fingerprint density at radius 3 is 2.46 bits per heavy atom. The fourth-order valence-electron chi connectivity index (χ4n) is 3.37. The fourth-order valence-corrected chi connectivity index (χ4v) is 4.25. The molecule has 0 spiro atoms. The third kappa shape index (κ3) is 7.01. The number of rotatable bonds is 8. The largest absolute Gasteiger partial charge is 0.454 e. The van der Waals surface area contributed by atoms with Crippen LogP contribution in [0.2, 0.25) is 0 Å². The van der Waals surface area contributed by atoms with Gasteiger partial charge in [0.1, 0.15) is 23.4 Å². The number of para-hydroxylation sites is 1.